The minimum Gasteiger partial charge on any atom is -1.00 e. The zero-order chi connectivity index (χ0) is 22.6. The highest BCUT2D eigenvalue weighted by Gasteiger charge is 2.22. The molecule has 0 spiro atoms. The Bertz CT molecular complexity index is 359. The normalized spacial score (nSPS) is 11.8. The van der Waals surface area contributed by atoms with Gasteiger partial charge in [0.15, 0.2) is 0 Å². The van der Waals surface area contributed by atoms with E-state index in [2.05, 4.69) is 42.0 Å². The molecule has 0 bridgehead atoms. The van der Waals surface area contributed by atoms with Crippen molar-refractivity contribution in [3.63, 3.8) is 0 Å². The van der Waals surface area contributed by atoms with Gasteiger partial charge in [0.1, 0.15) is 13.1 Å². The largest absolute Gasteiger partial charge is 1.00 e. The maximum absolute atomic E-state index is 2.45. The van der Waals surface area contributed by atoms with Gasteiger partial charge in [-0.15, -0.1) is 0 Å². The molecule has 0 aliphatic rings. The van der Waals surface area contributed by atoms with E-state index >= 15 is 0 Å². The third-order valence-electron chi connectivity index (χ3n) is 7.04. The van der Waals surface area contributed by atoms with E-state index in [-0.39, 0.29) is 34.0 Å². The van der Waals surface area contributed by atoms with Gasteiger partial charge in [0, 0.05) is 0 Å². The minimum absolute atomic E-state index is 0. The SMILES string of the molecule is CCCCCCCCCCCC[N+](C)(C)CC[N+](C)(C)CCCCCCCCCC.[Br-].[Br-]. The summed E-state index contributed by atoms with van der Waals surface area (Å²) in [7, 11) is 9.79. The van der Waals surface area contributed by atoms with Crippen LogP contribution >= 0.6 is 0 Å². The number of hydrogen-bond donors (Lipinski definition) is 0. The molecule has 0 unspecified atom stereocenters. The van der Waals surface area contributed by atoms with E-state index in [9.17, 15) is 0 Å². The van der Waals surface area contributed by atoms with Gasteiger partial charge in [0.25, 0.3) is 0 Å². The number of rotatable bonds is 23. The summed E-state index contributed by atoms with van der Waals surface area (Å²) in [6.45, 7) is 9.96. The molecule has 0 aromatic rings. The molecule has 0 rings (SSSR count). The molecule has 0 N–H and O–H groups in total. The molecule has 0 radical (unpaired) electrons. The predicted octanol–water partition coefficient (Wildman–Crippen LogP) is 2.21. The first-order valence-electron chi connectivity index (χ1n) is 14.0. The molecule has 0 amide bonds. The monoisotopic (exact) mass is 584 g/mol. The average molecular weight is 587 g/mol. The zero-order valence-corrected chi connectivity index (χ0v) is 26.4. The van der Waals surface area contributed by atoms with Gasteiger partial charge in [-0.3, -0.25) is 0 Å². The number of nitrogens with zero attached hydrogens (tertiary/aromatic N) is 2. The molecule has 0 atom stereocenters. The van der Waals surface area contributed by atoms with Gasteiger partial charge < -0.3 is 42.9 Å². The van der Waals surface area contributed by atoms with Crippen molar-refractivity contribution in [1.29, 1.82) is 0 Å². The molecule has 0 aromatic carbocycles. The molecular weight excluding hydrogens is 524 g/mol. The smallest absolute Gasteiger partial charge is 0.128 e. The molecular formula is C28H62Br2N2. The average Bonchev–Trinajstić information content (AvgIpc) is 2.70. The van der Waals surface area contributed by atoms with Gasteiger partial charge in [-0.25, -0.2) is 0 Å². The second-order valence-electron chi connectivity index (χ2n) is 11.4. The van der Waals surface area contributed by atoms with Crippen molar-refractivity contribution in [3.05, 3.63) is 0 Å². The molecule has 0 fully saturated rings. The molecule has 0 saturated carbocycles. The Labute approximate surface area is 226 Å². The highest BCUT2D eigenvalue weighted by Crippen LogP contribution is 2.13. The van der Waals surface area contributed by atoms with Gasteiger partial charge in [-0.05, 0) is 25.7 Å². The highest BCUT2D eigenvalue weighted by molar-refractivity contribution is 4.49. The van der Waals surface area contributed by atoms with E-state index in [1.807, 2.05) is 0 Å². The van der Waals surface area contributed by atoms with E-state index in [1.54, 1.807) is 0 Å². The van der Waals surface area contributed by atoms with Gasteiger partial charge >= 0.3 is 0 Å². The van der Waals surface area contributed by atoms with E-state index in [0.717, 1.165) is 0 Å². The topological polar surface area (TPSA) is 0 Å². The predicted molar refractivity (Wildman–Crippen MR) is 138 cm³/mol. The lowest BCUT2D eigenvalue weighted by Gasteiger charge is -2.36. The summed E-state index contributed by atoms with van der Waals surface area (Å²) in [4.78, 5) is 0. The molecule has 0 aliphatic heterocycles. The van der Waals surface area contributed by atoms with Crippen molar-refractivity contribution in [2.75, 3.05) is 54.4 Å². The Morgan fingerprint density at radius 1 is 0.312 bits per heavy atom. The van der Waals surface area contributed by atoms with Crippen LogP contribution in [0.25, 0.3) is 0 Å². The van der Waals surface area contributed by atoms with Crippen LogP contribution in [-0.2, 0) is 0 Å². The fourth-order valence-corrected chi connectivity index (χ4v) is 4.47. The summed E-state index contributed by atoms with van der Waals surface area (Å²) >= 11 is 0. The lowest BCUT2D eigenvalue weighted by Crippen LogP contribution is -3.00. The van der Waals surface area contributed by atoms with Crippen LogP contribution in [0.15, 0.2) is 0 Å². The summed E-state index contributed by atoms with van der Waals surface area (Å²) in [5.41, 5.74) is 0. The summed E-state index contributed by atoms with van der Waals surface area (Å²) in [6.07, 6.45) is 25.8. The van der Waals surface area contributed by atoms with Crippen molar-refractivity contribution >= 4 is 0 Å². The lowest BCUT2D eigenvalue weighted by atomic mass is 10.1. The quantitative estimate of drug-likeness (QED) is 0.127. The number of halogens is 2. The molecule has 0 heterocycles. The first-order chi connectivity index (χ1) is 14.3. The van der Waals surface area contributed by atoms with E-state index < -0.39 is 0 Å². The number of quaternary nitrogens is 2. The van der Waals surface area contributed by atoms with E-state index in [4.69, 9.17) is 0 Å². The Kier molecular flexibility index (Phi) is 29.2. The second kappa shape index (κ2) is 25.0. The summed E-state index contributed by atoms with van der Waals surface area (Å²) in [5.74, 6) is 0. The van der Waals surface area contributed by atoms with Crippen molar-refractivity contribution in [2.24, 2.45) is 0 Å². The van der Waals surface area contributed by atoms with Crippen LogP contribution in [-0.4, -0.2) is 63.3 Å². The maximum atomic E-state index is 2.45. The standard InChI is InChI=1S/C28H62N2.2BrH/c1-7-9-11-13-15-17-18-20-22-24-26-30(5,6)28-27-29(3,4)25-23-21-19-16-14-12-10-8-2;;/h7-28H2,1-6H3;2*1H/q+2;;/p-2. The third kappa shape index (κ3) is 27.1. The molecule has 0 saturated heterocycles. The van der Waals surface area contributed by atoms with E-state index in [0.29, 0.717) is 0 Å². The minimum atomic E-state index is 0. The van der Waals surface area contributed by atoms with Gasteiger partial charge in [-0.1, -0.05) is 104 Å². The van der Waals surface area contributed by atoms with Gasteiger partial charge in [0.05, 0.1) is 41.3 Å². The van der Waals surface area contributed by atoms with Crippen LogP contribution in [0, 0.1) is 0 Å². The first-order valence-corrected chi connectivity index (χ1v) is 14.0. The van der Waals surface area contributed by atoms with Crippen molar-refractivity contribution in [2.45, 2.75) is 129 Å². The van der Waals surface area contributed by atoms with Gasteiger partial charge in [-0.2, -0.15) is 0 Å². The maximum Gasteiger partial charge on any atom is 0.128 e. The number of likely N-dealkylation sites (N-methyl/N-ethyl adjacent to an activating group) is 2. The van der Waals surface area contributed by atoms with Crippen molar-refractivity contribution in [3.8, 4) is 0 Å². The molecule has 0 aliphatic carbocycles. The summed E-state index contributed by atoms with van der Waals surface area (Å²) in [5, 5.41) is 0. The second-order valence-corrected chi connectivity index (χ2v) is 11.4. The Hall–Kier alpha value is 0.880. The van der Waals surface area contributed by atoms with Crippen LogP contribution in [0.3, 0.4) is 0 Å². The molecule has 32 heavy (non-hydrogen) atoms. The van der Waals surface area contributed by atoms with Crippen LogP contribution < -0.4 is 34.0 Å². The van der Waals surface area contributed by atoms with Crippen molar-refractivity contribution in [1.82, 2.24) is 0 Å². The molecule has 2 nitrogen and oxygen atoms in total. The van der Waals surface area contributed by atoms with Crippen LogP contribution in [0.2, 0.25) is 0 Å². The molecule has 0 aromatic heterocycles. The fraction of sp³-hybridized carbons (Fsp3) is 1.00. The number of unbranched alkanes of at least 4 members (excludes halogenated alkanes) is 16. The number of hydrogen-bond acceptors (Lipinski definition) is 0. The molecule has 4 heteroatoms. The Morgan fingerprint density at radius 3 is 0.781 bits per heavy atom. The third-order valence-corrected chi connectivity index (χ3v) is 7.04. The van der Waals surface area contributed by atoms with Gasteiger partial charge in [0.2, 0.25) is 0 Å². The van der Waals surface area contributed by atoms with Crippen LogP contribution in [0.4, 0.5) is 0 Å². The van der Waals surface area contributed by atoms with Crippen LogP contribution in [0.1, 0.15) is 129 Å². The fourth-order valence-electron chi connectivity index (χ4n) is 4.47. The molecule has 198 valence electrons. The first kappa shape index (κ1) is 37.4. The van der Waals surface area contributed by atoms with Crippen LogP contribution in [0.5, 0.6) is 0 Å². The van der Waals surface area contributed by atoms with Crippen molar-refractivity contribution < 1.29 is 42.9 Å². The summed E-state index contributed by atoms with van der Waals surface area (Å²) < 4.78 is 2.41. The van der Waals surface area contributed by atoms with E-state index in [1.165, 1.54) is 151 Å². The lowest BCUT2D eigenvalue weighted by molar-refractivity contribution is -0.946. The highest BCUT2D eigenvalue weighted by atomic mass is 79.9. The zero-order valence-electron chi connectivity index (χ0n) is 23.2. The Balaban J connectivity index is -0.00000420. The summed E-state index contributed by atoms with van der Waals surface area (Å²) in [6, 6.07) is 0. The Morgan fingerprint density at radius 2 is 0.531 bits per heavy atom.